The normalized spacial score (nSPS) is 16.7. The van der Waals surface area contributed by atoms with Gasteiger partial charge in [0.1, 0.15) is 11.7 Å². The zero-order valence-corrected chi connectivity index (χ0v) is 17.8. The maximum absolute atomic E-state index is 11.4. The van der Waals surface area contributed by atoms with Gasteiger partial charge in [0.05, 0.1) is 16.6 Å². The topological polar surface area (TPSA) is 108 Å². The number of fused-ring (bicyclic) bond motifs is 1. The number of aromatic carboxylic acids is 1. The summed E-state index contributed by atoms with van der Waals surface area (Å²) in [4.78, 5) is 18.6. The summed E-state index contributed by atoms with van der Waals surface area (Å²) < 4.78 is 2.26. The molecule has 31 heavy (non-hydrogen) atoms. The second-order valence-electron chi connectivity index (χ2n) is 8.36. The van der Waals surface area contributed by atoms with E-state index in [1.807, 2.05) is 30.3 Å². The number of carboxylic acid groups (broad SMARTS) is 1. The van der Waals surface area contributed by atoms with Crippen LogP contribution in [0.15, 0.2) is 42.5 Å². The summed E-state index contributed by atoms with van der Waals surface area (Å²) in [5.41, 5.74) is 9.42. The fourth-order valence-corrected chi connectivity index (χ4v) is 4.48. The number of benzene rings is 2. The molecule has 0 radical (unpaired) electrons. The largest absolute Gasteiger partial charge is 0.478 e. The van der Waals surface area contributed by atoms with Crippen LogP contribution in [0, 0.1) is 5.41 Å². The fraction of sp³-hybridized carbons (Fsp3) is 0.375. The summed E-state index contributed by atoms with van der Waals surface area (Å²) in [7, 11) is 2.19. The molecule has 1 atom stereocenters. The van der Waals surface area contributed by atoms with Crippen LogP contribution in [0.25, 0.3) is 11.0 Å². The molecule has 7 nitrogen and oxygen atoms in total. The highest BCUT2D eigenvalue weighted by atomic mass is 16.4. The Balaban J connectivity index is 1.58. The minimum atomic E-state index is -0.934. The Morgan fingerprint density at radius 3 is 2.58 bits per heavy atom. The number of nitrogens with one attached hydrogen (secondary N) is 1. The zero-order valence-electron chi connectivity index (χ0n) is 17.8. The highest BCUT2D eigenvalue weighted by molar-refractivity contribution is 5.95. The second-order valence-corrected chi connectivity index (χ2v) is 8.36. The predicted octanol–water partition coefficient (Wildman–Crippen LogP) is 3.29. The molecule has 0 bridgehead atoms. The van der Waals surface area contributed by atoms with E-state index in [1.54, 1.807) is 12.1 Å². The number of aryl methyl sites for hydroxylation is 3. The van der Waals surface area contributed by atoms with E-state index in [0.717, 1.165) is 60.3 Å². The van der Waals surface area contributed by atoms with Gasteiger partial charge in [0, 0.05) is 24.6 Å². The molecular formula is C24H29N5O2. The number of hydrogen-bond acceptors (Lipinski definition) is 4. The third kappa shape index (κ3) is 4.61. The number of carbonyl (C=O) groups is 1. The third-order valence-electron chi connectivity index (χ3n) is 6.33. The van der Waals surface area contributed by atoms with E-state index < -0.39 is 5.97 Å². The molecule has 4 N–H and O–H groups in total. The van der Waals surface area contributed by atoms with Gasteiger partial charge >= 0.3 is 5.97 Å². The Bertz CT molecular complexity index is 1100. The standard InChI is InChI=1S/C24H29N5O2/c1-28-13-2-3-19(28)12-14-29-21-10-9-18(24(30)31)15-20(21)27-22(29)11-6-16-4-7-17(8-5-16)23(25)26/h4-5,7-10,15,19H,2-3,6,11-14H2,1H3,(H3,25,26)(H,30,31). The minimum Gasteiger partial charge on any atom is -0.478 e. The van der Waals surface area contributed by atoms with Crippen molar-refractivity contribution in [1.29, 1.82) is 5.41 Å². The van der Waals surface area contributed by atoms with Gasteiger partial charge < -0.3 is 20.3 Å². The van der Waals surface area contributed by atoms with Crippen LogP contribution >= 0.6 is 0 Å². The maximum atomic E-state index is 11.4. The minimum absolute atomic E-state index is 0.0689. The summed E-state index contributed by atoms with van der Waals surface area (Å²) in [6, 6.07) is 13.5. The number of aromatic nitrogens is 2. The van der Waals surface area contributed by atoms with E-state index in [9.17, 15) is 9.90 Å². The molecule has 0 aliphatic carbocycles. The zero-order chi connectivity index (χ0) is 22.0. The van der Waals surface area contributed by atoms with Crippen molar-refractivity contribution in [3.8, 4) is 0 Å². The molecule has 0 amide bonds. The number of carboxylic acids is 1. The number of rotatable bonds is 8. The van der Waals surface area contributed by atoms with Gasteiger partial charge in [0.25, 0.3) is 0 Å². The Morgan fingerprint density at radius 2 is 1.94 bits per heavy atom. The van der Waals surface area contributed by atoms with E-state index in [1.165, 1.54) is 12.8 Å². The van der Waals surface area contributed by atoms with E-state index in [-0.39, 0.29) is 11.4 Å². The van der Waals surface area contributed by atoms with E-state index >= 15 is 0 Å². The number of likely N-dealkylation sites (tertiary alicyclic amines) is 1. The fourth-order valence-electron chi connectivity index (χ4n) is 4.48. The Hall–Kier alpha value is -3.19. The first kappa shape index (κ1) is 21.1. The smallest absolute Gasteiger partial charge is 0.335 e. The summed E-state index contributed by atoms with van der Waals surface area (Å²) in [6.07, 6.45) is 5.11. The van der Waals surface area contributed by atoms with Gasteiger partial charge in [-0.05, 0) is 63.0 Å². The molecule has 3 aromatic rings. The summed E-state index contributed by atoms with van der Waals surface area (Å²) in [6.45, 7) is 2.02. The molecule has 4 rings (SSSR count). The highest BCUT2D eigenvalue weighted by Crippen LogP contribution is 2.23. The number of nitrogen functional groups attached to an aromatic ring is 1. The Kier molecular flexibility index (Phi) is 6.04. The monoisotopic (exact) mass is 419 g/mol. The van der Waals surface area contributed by atoms with Crippen molar-refractivity contribution in [2.24, 2.45) is 5.73 Å². The van der Waals surface area contributed by atoms with Gasteiger partial charge in [-0.15, -0.1) is 0 Å². The van der Waals surface area contributed by atoms with Crippen LogP contribution in [0.5, 0.6) is 0 Å². The molecule has 7 heteroatoms. The van der Waals surface area contributed by atoms with Gasteiger partial charge in [0.15, 0.2) is 0 Å². The quantitative estimate of drug-likeness (QED) is 0.384. The lowest BCUT2D eigenvalue weighted by Gasteiger charge is -2.20. The van der Waals surface area contributed by atoms with Gasteiger partial charge in [0.2, 0.25) is 0 Å². The van der Waals surface area contributed by atoms with Crippen LogP contribution in [0.2, 0.25) is 0 Å². The van der Waals surface area contributed by atoms with Crippen molar-refractivity contribution in [3.63, 3.8) is 0 Å². The van der Waals surface area contributed by atoms with Crippen LogP contribution in [0.1, 0.15) is 46.6 Å². The molecule has 1 unspecified atom stereocenters. The Labute approximate surface area is 182 Å². The molecule has 0 spiro atoms. The molecule has 1 aliphatic heterocycles. The van der Waals surface area contributed by atoms with Crippen LogP contribution in [-0.4, -0.2) is 51.0 Å². The molecule has 0 saturated carbocycles. The second kappa shape index (κ2) is 8.89. The van der Waals surface area contributed by atoms with Gasteiger partial charge in [-0.2, -0.15) is 0 Å². The molecule has 1 fully saturated rings. The van der Waals surface area contributed by atoms with Crippen LogP contribution in [0.3, 0.4) is 0 Å². The number of nitrogens with zero attached hydrogens (tertiary/aromatic N) is 3. The number of imidazole rings is 1. The Morgan fingerprint density at radius 1 is 1.19 bits per heavy atom. The van der Waals surface area contributed by atoms with Gasteiger partial charge in [-0.3, -0.25) is 5.41 Å². The lowest BCUT2D eigenvalue weighted by Crippen LogP contribution is -2.26. The van der Waals surface area contributed by atoms with Gasteiger partial charge in [-0.25, -0.2) is 9.78 Å². The summed E-state index contributed by atoms with van der Waals surface area (Å²) in [5.74, 6) is 0.115. The summed E-state index contributed by atoms with van der Waals surface area (Å²) >= 11 is 0. The van der Waals surface area contributed by atoms with Crippen molar-refractivity contribution in [3.05, 3.63) is 65.0 Å². The first-order chi connectivity index (χ1) is 14.9. The first-order valence-corrected chi connectivity index (χ1v) is 10.8. The van der Waals surface area contributed by atoms with Crippen molar-refractivity contribution in [1.82, 2.24) is 14.5 Å². The SMILES string of the molecule is CN1CCCC1CCn1c(CCc2ccc(C(=N)N)cc2)nc2cc(C(=O)O)ccc21. The molecular weight excluding hydrogens is 390 g/mol. The van der Waals surface area contributed by atoms with Gasteiger partial charge in [-0.1, -0.05) is 24.3 Å². The molecule has 2 aromatic carbocycles. The highest BCUT2D eigenvalue weighted by Gasteiger charge is 2.21. The van der Waals surface area contributed by atoms with Crippen molar-refractivity contribution in [2.45, 2.75) is 44.7 Å². The van der Waals surface area contributed by atoms with E-state index in [2.05, 4.69) is 16.5 Å². The lowest BCUT2D eigenvalue weighted by molar-refractivity contribution is 0.0697. The first-order valence-electron chi connectivity index (χ1n) is 10.8. The third-order valence-corrected chi connectivity index (χ3v) is 6.33. The van der Waals surface area contributed by atoms with Crippen molar-refractivity contribution < 1.29 is 9.90 Å². The number of nitrogens with two attached hydrogens (primary N) is 1. The van der Waals surface area contributed by atoms with E-state index in [0.29, 0.717) is 6.04 Å². The maximum Gasteiger partial charge on any atom is 0.335 e. The van der Waals surface area contributed by atoms with Crippen molar-refractivity contribution in [2.75, 3.05) is 13.6 Å². The van der Waals surface area contributed by atoms with Crippen molar-refractivity contribution >= 4 is 22.8 Å². The average molecular weight is 420 g/mol. The predicted molar refractivity (Wildman–Crippen MR) is 122 cm³/mol. The van der Waals surface area contributed by atoms with Crippen LogP contribution in [0.4, 0.5) is 0 Å². The lowest BCUT2D eigenvalue weighted by atomic mass is 10.1. The number of amidine groups is 1. The van der Waals surface area contributed by atoms with Crippen LogP contribution < -0.4 is 5.73 Å². The number of hydrogen-bond donors (Lipinski definition) is 3. The molecule has 1 saturated heterocycles. The molecule has 1 aliphatic rings. The molecule has 1 aromatic heterocycles. The average Bonchev–Trinajstić information content (AvgIpc) is 3.32. The van der Waals surface area contributed by atoms with Crippen LogP contribution in [-0.2, 0) is 19.4 Å². The summed E-state index contributed by atoms with van der Waals surface area (Å²) in [5, 5.41) is 16.9. The molecule has 2 heterocycles. The molecule has 162 valence electrons. The van der Waals surface area contributed by atoms with E-state index in [4.69, 9.17) is 16.1 Å².